The first-order chi connectivity index (χ1) is 6.95. The zero-order chi connectivity index (χ0) is 9.38. The van der Waals surface area contributed by atoms with Crippen LogP contribution in [0.4, 0.5) is 5.69 Å². The van der Waals surface area contributed by atoms with E-state index in [1.807, 2.05) is 18.4 Å². The minimum Gasteiger partial charge on any atom is -0.381 e. The molecule has 0 aliphatic carbocycles. The van der Waals surface area contributed by atoms with Crippen LogP contribution in [0.15, 0.2) is 35.5 Å². The van der Waals surface area contributed by atoms with Crippen molar-refractivity contribution in [3.05, 3.63) is 46.6 Å². The van der Waals surface area contributed by atoms with Crippen LogP contribution in [0.3, 0.4) is 0 Å². The van der Waals surface area contributed by atoms with E-state index in [9.17, 15) is 0 Å². The largest absolute Gasteiger partial charge is 0.381 e. The van der Waals surface area contributed by atoms with Gasteiger partial charge in [0.1, 0.15) is 0 Å². The first-order valence-electron chi connectivity index (χ1n) is 4.73. The van der Waals surface area contributed by atoms with Crippen molar-refractivity contribution < 1.29 is 0 Å². The van der Waals surface area contributed by atoms with Crippen molar-refractivity contribution in [3.63, 3.8) is 0 Å². The third kappa shape index (κ3) is 1.01. The lowest BCUT2D eigenvalue weighted by Crippen LogP contribution is -2.14. The fourth-order valence-electron chi connectivity index (χ4n) is 1.86. The van der Waals surface area contributed by atoms with E-state index in [4.69, 9.17) is 0 Å². The summed E-state index contributed by atoms with van der Waals surface area (Å²) in [6.07, 6.45) is 10.1. The maximum Gasteiger partial charge on any atom is 0.0723 e. The maximum atomic E-state index is 4.37. The fraction of sp³-hybridized carbons (Fsp3) is 0.0833. The number of benzene rings is 1. The van der Waals surface area contributed by atoms with E-state index in [0.29, 0.717) is 0 Å². The van der Waals surface area contributed by atoms with Crippen molar-refractivity contribution in [2.45, 2.75) is 0 Å². The molecule has 2 nitrogen and oxygen atoms in total. The molecule has 0 bridgehead atoms. The average molecular weight is 182 g/mol. The molecule has 0 unspecified atom stereocenters. The Labute approximate surface area is 82.0 Å². The Balaban J connectivity index is 2.42. The predicted molar refractivity (Wildman–Crippen MR) is 58.4 cm³/mol. The van der Waals surface area contributed by atoms with E-state index in [1.54, 1.807) is 0 Å². The Kier molecular flexibility index (Phi) is 1.53. The summed E-state index contributed by atoms with van der Waals surface area (Å²) in [4.78, 5) is 4.37. The molecular formula is C12H10N2. The number of fused-ring (bicyclic) bond motifs is 3. The second kappa shape index (κ2) is 2.84. The number of hydrogen-bond acceptors (Lipinski definition) is 2. The molecule has 1 aromatic rings. The molecule has 68 valence electrons. The first-order valence-corrected chi connectivity index (χ1v) is 4.73. The number of hydrogen-bond donors (Lipinski definition) is 1. The van der Waals surface area contributed by atoms with Crippen LogP contribution >= 0.6 is 0 Å². The lowest BCUT2D eigenvalue weighted by Gasteiger charge is -2.03. The molecule has 0 fully saturated rings. The van der Waals surface area contributed by atoms with Gasteiger partial charge < -0.3 is 5.32 Å². The van der Waals surface area contributed by atoms with Crippen LogP contribution in [-0.4, -0.2) is 6.54 Å². The minimum atomic E-state index is 0.924. The van der Waals surface area contributed by atoms with Gasteiger partial charge in [0.2, 0.25) is 0 Å². The summed E-state index contributed by atoms with van der Waals surface area (Å²) in [6, 6.07) is 4.18. The molecule has 0 aromatic heterocycles. The Morgan fingerprint density at radius 2 is 2.21 bits per heavy atom. The van der Waals surface area contributed by atoms with E-state index in [1.165, 1.54) is 16.5 Å². The highest BCUT2D eigenvalue weighted by Crippen LogP contribution is 2.12. The highest BCUT2D eigenvalue weighted by atomic mass is 14.9. The van der Waals surface area contributed by atoms with Crippen molar-refractivity contribution in [2.24, 2.45) is 4.99 Å². The van der Waals surface area contributed by atoms with E-state index < -0.39 is 0 Å². The molecule has 2 heterocycles. The third-order valence-electron chi connectivity index (χ3n) is 2.53. The number of nitrogens with one attached hydrogen (secondary N) is 1. The third-order valence-corrected chi connectivity index (χ3v) is 2.53. The van der Waals surface area contributed by atoms with E-state index >= 15 is 0 Å². The summed E-state index contributed by atoms with van der Waals surface area (Å²) in [7, 11) is 0. The zero-order valence-electron chi connectivity index (χ0n) is 7.70. The molecule has 0 saturated heterocycles. The van der Waals surface area contributed by atoms with Gasteiger partial charge in [0.05, 0.1) is 11.0 Å². The molecule has 1 N–H and O–H groups in total. The summed E-state index contributed by atoms with van der Waals surface area (Å²) in [6.45, 7) is 0.924. The van der Waals surface area contributed by atoms with Crippen molar-refractivity contribution in [1.82, 2.24) is 0 Å². The first kappa shape index (κ1) is 7.56. The van der Waals surface area contributed by atoms with E-state index in [-0.39, 0.29) is 0 Å². The topological polar surface area (TPSA) is 24.4 Å². The van der Waals surface area contributed by atoms with Crippen LogP contribution in [0.25, 0.3) is 12.2 Å². The Bertz CT molecular complexity index is 550. The molecule has 0 atom stereocenters. The van der Waals surface area contributed by atoms with Crippen LogP contribution in [0.5, 0.6) is 0 Å². The van der Waals surface area contributed by atoms with Crippen molar-refractivity contribution in [3.8, 4) is 0 Å². The fourth-order valence-corrected chi connectivity index (χ4v) is 1.86. The quantitative estimate of drug-likeness (QED) is 0.637. The van der Waals surface area contributed by atoms with Gasteiger partial charge in [-0.3, -0.25) is 4.99 Å². The highest BCUT2D eigenvalue weighted by molar-refractivity contribution is 5.72. The van der Waals surface area contributed by atoms with Gasteiger partial charge in [0.25, 0.3) is 0 Å². The van der Waals surface area contributed by atoms with Crippen LogP contribution in [0.2, 0.25) is 0 Å². The van der Waals surface area contributed by atoms with Crippen LogP contribution < -0.4 is 15.9 Å². The molecule has 0 spiro atoms. The van der Waals surface area contributed by atoms with E-state index in [0.717, 1.165) is 11.9 Å². The SMILES string of the molecule is C1=CN=c2ccc3c(c2C=C1)NCC=3. The summed E-state index contributed by atoms with van der Waals surface area (Å²) in [5, 5.41) is 5.68. The lowest BCUT2D eigenvalue weighted by molar-refractivity contribution is 1.32. The summed E-state index contributed by atoms with van der Waals surface area (Å²) in [5.41, 5.74) is 2.41. The van der Waals surface area contributed by atoms with Crippen molar-refractivity contribution >= 4 is 17.8 Å². The highest BCUT2D eigenvalue weighted by Gasteiger charge is 2.07. The van der Waals surface area contributed by atoms with Crippen molar-refractivity contribution in [1.29, 1.82) is 0 Å². The minimum absolute atomic E-state index is 0.924. The molecule has 0 amide bonds. The average Bonchev–Trinajstić information content (AvgIpc) is 2.55. The second-order valence-corrected chi connectivity index (χ2v) is 3.38. The summed E-state index contributed by atoms with van der Waals surface area (Å²) in [5.74, 6) is 0. The Hall–Kier alpha value is -1.83. The summed E-state index contributed by atoms with van der Waals surface area (Å²) < 4.78 is 0. The summed E-state index contributed by atoms with van der Waals surface area (Å²) >= 11 is 0. The molecule has 2 aliphatic heterocycles. The van der Waals surface area contributed by atoms with Gasteiger partial charge >= 0.3 is 0 Å². The van der Waals surface area contributed by atoms with Gasteiger partial charge in [-0.2, -0.15) is 0 Å². The number of nitrogens with zero attached hydrogens (tertiary/aromatic N) is 1. The Morgan fingerprint density at radius 3 is 3.21 bits per heavy atom. The van der Waals surface area contributed by atoms with Gasteiger partial charge in [0, 0.05) is 18.3 Å². The van der Waals surface area contributed by atoms with Gasteiger partial charge in [-0.15, -0.1) is 0 Å². The number of anilines is 1. The van der Waals surface area contributed by atoms with Crippen LogP contribution in [0, 0.1) is 0 Å². The molecule has 1 aromatic carbocycles. The van der Waals surface area contributed by atoms with Crippen molar-refractivity contribution in [2.75, 3.05) is 11.9 Å². The molecule has 2 heteroatoms. The normalized spacial score (nSPS) is 16.0. The molecule has 2 aliphatic rings. The standard InChI is InChI=1S/C12H10N2/c1-2-7-13-11-5-4-9-6-8-14-12(9)10(11)3-1/h1-7,14H,8H2. The second-order valence-electron chi connectivity index (χ2n) is 3.38. The van der Waals surface area contributed by atoms with Crippen LogP contribution in [-0.2, 0) is 0 Å². The molecule has 14 heavy (non-hydrogen) atoms. The van der Waals surface area contributed by atoms with Gasteiger partial charge in [-0.05, 0) is 17.4 Å². The maximum absolute atomic E-state index is 4.37. The smallest absolute Gasteiger partial charge is 0.0723 e. The molecular weight excluding hydrogens is 172 g/mol. The van der Waals surface area contributed by atoms with Gasteiger partial charge in [0.15, 0.2) is 0 Å². The monoisotopic (exact) mass is 182 g/mol. The molecule has 0 radical (unpaired) electrons. The number of rotatable bonds is 0. The van der Waals surface area contributed by atoms with Crippen LogP contribution in [0.1, 0.15) is 5.56 Å². The lowest BCUT2D eigenvalue weighted by atomic mass is 10.1. The number of allylic oxidation sites excluding steroid dienone is 2. The zero-order valence-corrected chi connectivity index (χ0v) is 7.70. The molecule has 0 saturated carbocycles. The predicted octanol–water partition coefficient (Wildman–Crippen LogP) is 1.05. The van der Waals surface area contributed by atoms with E-state index in [2.05, 4.69) is 34.6 Å². The Morgan fingerprint density at radius 1 is 1.21 bits per heavy atom. The van der Waals surface area contributed by atoms with Gasteiger partial charge in [-0.1, -0.05) is 24.3 Å². The molecule has 3 rings (SSSR count). The van der Waals surface area contributed by atoms with Gasteiger partial charge in [-0.25, -0.2) is 0 Å².